The van der Waals surface area contributed by atoms with E-state index in [1.807, 2.05) is 0 Å². The Kier molecular flexibility index (Phi) is 5.88. The molecule has 0 spiro atoms. The number of nitrogens with one attached hydrogen (secondary N) is 1. The summed E-state index contributed by atoms with van der Waals surface area (Å²) < 4.78 is 16.0. The lowest BCUT2D eigenvalue weighted by Gasteiger charge is -2.29. The standard InChI is InChI=1S/C17H22N4O6/c1-9(22)18-17-19-21(11(3)24)16(20(17)10(2)23)12-7-13(25-4)15(27-6)14(8-12)26-5/h7-8,16H,1-6H3,(H,18,19,22)/t16-/m0/s1. The first-order valence-electron chi connectivity index (χ1n) is 8.00. The van der Waals surface area contributed by atoms with Crippen LogP contribution < -0.4 is 19.5 Å². The summed E-state index contributed by atoms with van der Waals surface area (Å²) in [6.07, 6.45) is -0.921. The molecule has 3 amide bonds. The predicted molar refractivity (Wildman–Crippen MR) is 95.1 cm³/mol. The highest BCUT2D eigenvalue weighted by molar-refractivity contribution is 6.05. The Morgan fingerprint density at radius 1 is 0.963 bits per heavy atom. The third-order valence-corrected chi connectivity index (χ3v) is 3.84. The maximum absolute atomic E-state index is 12.3. The van der Waals surface area contributed by atoms with Crippen molar-refractivity contribution in [2.75, 3.05) is 21.3 Å². The van der Waals surface area contributed by atoms with E-state index in [9.17, 15) is 14.4 Å². The van der Waals surface area contributed by atoms with Crippen LogP contribution in [0.2, 0.25) is 0 Å². The molecule has 1 aromatic carbocycles. The molecule has 0 saturated carbocycles. The van der Waals surface area contributed by atoms with E-state index in [1.54, 1.807) is 12.1 Å². The number of ether oxygens (including phenoxy) is 3. The molecule has 27 heavy (non-hydrogen) atoms. The van der Waals surface area contributed by atoms with Crippen molar-refractivity contribution in [3.8, 4) is 17.2 Å². The minimum absolute atomic E-state index is 0.0380. The number of carbonyl (C=O) groups excluding carboxylic acids is 3. The van der Waals surface area contributed by atoms with Gasteiger partial charge in [-0.15, -0.1) is 5.10 Å². The van der Waals surface area contributed by atoms with Crippen molar-refractivity contribution in [2.45, 2.75) is 26.9 Å². The number of hydrazone groups is 1. The summed E-state index contributed by atoms with van der Waals surface area (Å²) in [7, 11) is 4.39. The predicted octanol–water partition coefficient (Wildman–Crippen LogP) is 0.829. The smallest absolute Gasteiger partial charge is 0.241 e. The first-order valence-corrected chi connectivity index (χ1v) is 8.00. The van der Waals surface area contributed by atoms with Gasteiger partial charge in [0, 0.05) is 26.3 Å². The van der Waals surface area contributed by atoms with Crippen molar-refractivity contribution in [1.82, 2.24) is 15.2 Å². The van der Waals surface area contributed by atoms with E-state index >= 15 is 0 Å². The lowest BCUT2D eigenvalue weighted by Crippen LogP contribution is -2.45. The molecule has 0 saturated heterocycles. The SMILES string of the molecule is COc1cc([C@@H]2N(C(C)=O)N=C(NC(C)=O)N2C(C)=O)cc(OC)c1OC. The molecule has 0 bridgehead atoms. The van der Waals surface area contributed by atoms with Crippen LogP contribution in [0.4, 0.5) is 0 Å². The Bertz CT molecular complexity index is 782. The van der Waals surface area contributed by atoms with E-state index in [4.69, 9.17) is 14.2 Å². The maximum Gasteiger partial charge on any atom is 0.241 e. The van der Waals surface area contributed by atoms with Gasteiger partial charge in [-0.3, -0.25) is 24.6 Å². The number of carbonyl (C=O) groups is 3. The van der Waals surface area contributed by atoms with Crippen LogP contribution in [0, 0.1) is 0 Å². The van der Waals surface area contributed by atoms with Gasteiger partial charge in [-0.2, -0.15) is 0 Å². The molecule has 146 valence electrons. The number of nitrogens with zero attached hydrogens (tertiary/aromatic N) is 3. The van der Waals surface area contributed by atoms with Gasteiger partial charge in [0.05, 0.1) is 21.3 Å². The zero-order chi connectivity index (χ0) is 20.3. The molecule has 0 aliphatic carbocycles. The zero-order valence-electron chi connectivity index (χ0n) is 16.0. The Morgan fingerprint density at radius 2 is 1.52 bits per heavy atom. The molecule has 1 heterocycles. The van der Waals surface area contributed by atoms with Crippen molar-refractivity contribution < 1.29 is 28.6 Å². The van der Waals surface area contributed by atoms with Gasteiger partial charge < -0.3 is 14.2 Å². The second-order valence-corrected chi connectivity index (χ2v) is 5.69. The number of rotatable bonds is 4. The molecular formula is C17H22N4O6. The third-order valence-electron chi connectivity index (χ3n) is 3.84. The molecule has 0 fully saturated rings. The number of guanidine groups is 1. The second kappa shape index (κ2) is 7.94. The van der Waals surface area contributed by atoms with E-state index < -0.39 is 23.9 Å². The van der Waals surface area contributed by atoms with Gasteiger partial charge in [0.15, 0.2) is 17.7 Å². The third kappa shape index (κ3) is 3.78. The first-order chi connectivity index (χ1) is 12.7. The van der Waals surface area contributed by atoms with E-state index in [0.29, 0.717) is 22.8 Å². The molecule has 1 N–H and O–H groups in total. The fraction of sp³-hybridized carbons (Fsp3) is 0.412. The summed E-state index contributed by atoms with van der Waals surface area (Å²) in [4.78, 5) is 37.1. The maximum atomic E-state index is 12.3. The lowest BCUT2D eigenvalue weighted by molar-refractivity contribution is -0.136. The minimum atomic E-state index is -0.921. The molecule has 10 nitrogen and oxygen atoms in total. The molecule has 1 aliphatic heterocycles. The zero-order valence-corrected chi connectivity index (χ0v) is 16.0. The van der Waals surface area contributed by atoms with E-state index in [1.165, 1.54) is 47.0 Å². The van der Waals surface area contributed by atoms with Crippen molar-refractivity contribution in [1.29, 1.82) is 0 Å². The first kappa shape index (κ1) is 20.0. The van der Waals surface area contributed by atoms with Gasteiger partial charge in [-0.25, -0.2) is 5.01 Å². The molecular weight excluding hydrogens is 356 g/mol. The van der Waals surface area contributed by atoms with Crippen LogP contribution in [-0.4, -0.2) is 54.9 Å². The molecule has 0 radical (unpaired) electrons. The van der Waals surface area contributed by atoms with Gasteiger partial charge in [0.2, 0.25) is 29.4 Å². The summed E-state index contributed by atoms with van der Waals surface area (Å²) in [6, 6.07) is 3.23. The fourth-order valence-electron chi connectivity index (χ4n) is 2.78. The summed E-state index contributed by atoms with van der Waals surface area (Å²) in [5.41, 5.74) is 0.485. The summed E-state index contributed by atoms with van der Waals surface area (Å²) in [5.74, 6) is -0.212. The van der Waals surface area contributed by atoms with Crippen LogP contribution >= 0.6 is 0 Å². The second-order valence-electron chi connectivity index (χ2n) is 5.69. The van der Waals surface area contributed by atoms with Gasteiger partial charge in [-0.1, -0.05) is 0 Å². The number of hydrogen-bond acceptors (Lipinski definition) is 7. The molecule has 1 atom stereocenters. The average Bonchev–Trinajstić information content (AvgIpc) is 2.99. The molecule has 2 rings (SSSR count). The normalized spacial score (nSPS) is 15.9. The minimum Gasteiger partial charge on any atom is -0.493 e. The van der Waals surface area contributed by atoms with Gasteiger partial charge in [0.1, 0.15) is 0 Å². The van der Waals surface area contributed by atoms with E-state index in [0.717, 1.165) is 5.01 Å². The largest absolute Gasteiger partial charge is 0.493 e. The van der Waals surface area contributed by atoms with Crippen molar-refractivity contribution >= 4 is 23.7 Å². The van der Waals surface area contributed by atoms with Gasteiger partial charge >= 0.3 is 0 Å². The van der Waals surface area contributed by atoms with Gasteiger partial charge in [0.25, 0.3) is 0 Å². The summed E-state index contributed by atoms with van der Waals surface area (Å²) in [6.45, 7) is 3.90. The van der Waals surface area contributed by atoms with E-state index in [2.05, 4.69) is 10.4 Å². The van der Waals surface area contributed by atoms with Crippen LogP contribution in [0.1, 0.15) is 32.5 Å². The highest BCUT2D eigenvalue weighted by Crippen LogP contribution is 2.42. The Hall–Kier alpha value is -3.30. The number of amides is 3. The highest BCUT2D eigenvalue weighted by atomic mass is 16.5. The van der Waals surface area contributed by atoms with Crippen LogP contribution in [-0.2, 0) is 14.4 Å². The van der Waals surface area contributed by atoms with Gasteiger partial charge in [-0.05, 0) is 12.1 Å². The van der Waals surface area contributed by atoms with Crippen molar-refractivity contribution in [3.05, 3.63) is 17.7 Å². The van der Waals surface area contributed by atoms with Crippen LogP contribution in [0.5, 0.6) is 17.2 Å². The molecule has 10 heteroatoms. The molecule has 0 aromatic heterocycles. The van der Waals surface area contributed by atoms with Crippen molar-refractivity contribution in [2.24, 2.45) is 5.10 Å². The topological polar surface area (TPSA) is 110 Å². The highest BCUT2D eigenvalue weighted by Gasteiger charge is 2.41. The Morgan fingerprint density at radius 3 is 1.89 bits per heavy atom. The quantitative estimate of drug-likeness (QED) is 0.831. The van der Waals surface area contributed by atoms with Crippen molar-refractivity contribution in [3.63, 3.8) is 0 Å². The Balaban J connectivity index is 2.64. The fourth-order valence-corrected chi connectivity index (χ4v) is 2.78. The summed E-state index contributed by atoms with van der Waals surface area (Å²) in [5, 5.41) is 7.68. The molecule has 1 aromatic rings. The number of hydrogen-bond donors (Lipinski definition) is 1. The number of methoxy groups -OCH3 is 3. The molecule has 0 unspecified atom stereocenters. The lowest BCUT2D eigenvalue weighted by atomic mass is 10.1. The monoisotopic (exact) mass is 378 g/mol. The average molecular weight is 378 g/mol. The summed E-state index contributed by atoms with van der Waals surface area (Å²) >= 11 is 0. The van der Waals surface area contributed by atoms with Crippen LogP contribution in [0.15, 0.2) is 17.2 Å². The van der Waals surface area contributed by atoms with Crippen LogP contribution in [0.3, 0.4) is 0 Å². The Labute approximate surface area is 156 Å². The number of benzene rings is 1. The van der Waals surface area contributed by atoms with E-state index in [-0.39, 0.29) is 5.96 Å². The molecule has 1 aliphatic rings. The van der Waals surface area contributed by atoms with Crippen LogP contribution in [0.25, 0.3) is 0 Å².